The first-order valence-corrected chi connectivity index (χ1v) is 8.37. The number of aromatic nitrogens is 1. The van der Waals surface area contributed by atoms with Crippen LogP contribution in [0.1, 0.15) is 30.6 Å². The number of carbonyl (C=O) groups is 2. The predicted octanol–water partition coefficient (Wildman–Crippen LogP) is 1.42. The molecule has 0 spiro atoms. The first-order valence-electron chi connectivity index (χ1n) is 8.37. The van der Waals surface area contributed by atoms with Gasteiger partial charge in [0.25, 0.3) is 11.8 Å². The molecule has 26 heavy (non-hydrogen) atoms. The lowest BCUT2D eigenvalue weighted by Gasteiger charge is -2.23. The zero-order valence-electron chi connectivity index (χ0n) is 14.7. The summed E-state index contributed by atoms with van der Waals surface area (Å²) in [5.74, 6) is -4.29. The van der Waals surface area contributed by atoms with Gasteiger partial charge in [0.2, 0.25) is 5.91 Å². The summed E-state index contributed by atoms with van der Waals surface area (Å²) in [7, 11) is 0. The maximum atomic E-state index is 13.4. The predicted molar refractivity (Wildman–Crippen MR) is 90.8 cm³/mol. The highest BCUT2D eigenvalue weighted by Gasteiger charge is 2.47. The molecule has 9 heteroatoms. The van der Waals surface area contributed by atoms with E-state index in [2.05, 4.69) is 10.3 Å². The average molecular weight is 365 g/mol. The van der Waals surface area contributed by atoms with Gasteiger partial charge in [0.1, 0.15) is 6.04 Å². The molecule has 0 radical (unpaired) electrons. The lowest BCUT2D eigenvalue weighted by Crippen LogP contribution is -2.43. The van der Waals surface area contributed by atoms with Crippen LogP contribution in [-0.4, -0.2) is 59.8 Å². The van der Waals surface area contributed by atoms with Crippen LogP contribution in [0.4, 0.5) is 14.5 Å². The average Bonchev–Trinajstić information content (AvgIpc) is 2.96. The number of nitrogens with zero attached hydrogens (tertiary/aromatic N) is 4. The highest BCUT2D eigenvalue weighted by molar-refractivity contribution is 6.01. The SMILES string of the molecule is CCN(CC)c1cnccc1C(=O)NCC(=O)N1CC(F)(F)C[C@H]1C#N. The van der Waals surface area contributed by atoms with Crippen molar-refractivity contribution in [3.63, 3.8) is 0 Å². The molecule has 2 heterocycles. The second kappa shape index (κ2) is 8.08. The van der Waals surface area contributed by atoms with E-state index in [9.17, 15) is 18.4 Å². The number of amides is 2. The van der Waals surface area contributed by atoms with Crippen molar-refractivity contribution in [1.29, 1.82) is 5.26 Å². The van der Waals surface area contributed by atoms with Gasteiger partial charge in [-0.3, -0.25) is 14.6 Å². The third-order valence-electron chi connectivity index (χ3n) is 4.29. The molecule has 0 saturated carbocycles. The number of alkyl halides is 2. The molecule has 1 aromatic heterocycles. The molecule has 2 rings (SSSR count). The van der Waals surface area contributed by atoms with Crippen molar-refractivity contribution in [3.8, 4) is 6.07 Å². The third-order valence-corrected chi connectivity index (χ3v) is 4.29. The number of rotatable bonds is 6. The summed E-state index contributed by atoms with van der Waals surface area (Å²) in [5.41, 5.74) is 0.977. The van der Waals surface area contributed by atoms with Gasteiger partial charge in [0.05, 0.1) is 36.6 Å². The number of halogens is 2. The Hall–Kier alpha value is -2.76. The zero-order chi connectivity index (χ0) is 19.3. The van der Waals surface area contributed by atoms with Crippen LogP contribution in [0.2, 0.25) is 0 Å². The summed E-state index contributed by atoms with van der Waals surface area (Å²) < 4.78 is 26.9. The summed E-state index contributed by atoms with van der Waals surface area (Å²) >= 11 is 0. The van der Waals surface area contributed by atoms with Crippen LogP contribution in [-0.2, 0) is 4.79 Å². The van der Waals surface area contributed by atoms with E-state index < -0.39 is 43.3 Å². The van der Waals surface area contributed by atoms with E-state index in [1.54, 1.807) is 12.3 Å². The first-order chi connectivity index (χ1) is 12.3. The second-order valence-electron chi connectivity index (χ2n) is 5.97. The molecule has 0 unspecified atom stereocenters. The van der Waals surface area contributed by atoms with Crippen LogP contribution < -0.4 is 10.2 Å². The molecular formula is C17H21F2N5O2. The van der Waals surface area contributed by atoms with Gasteiger partial charge < -0.3 is 15.1 Å². The lowest BCUT2D eigenvalue weighted by molar-refractivity contribution is -0.131. The van der Waals surface area contributed by atoms with Crippen LogP contribution >= 0.6 is 0 Å². The summed E-state index contributed by atoms with van der Waals surface area (Å²) in [5, 5.41) is 11.4. The molecule has 1 aliphatic heterocycles. The topological polar surface area (TPSA) is 89.3 Å². The molecule has 140 valence electrons. The van der Waals surface area contributed by atoms with Crippen LogP contribution in [0.5, 0.6) is 0 Å². The molecule has 1 N–H and O–H groups in total. The monoisotopic (exact) mass is 365 g/mol. The summed E-state index contributed by atoms with van der Waals surface area (Å²) in [6.07, 6.45) is 2.35. The third kappa shape index (κ3) is 4.25. The van der Waals surface area contributed by atoms with Crippen molar-refractivity contribution in [2.45, 2.75) is 32.2 Å². The lowest BCUT2D eigenvalue weighted by atomic mass is 10.2. The van der Waals surface area contributed by atoms with Crippen LogP contribution in [0, 0.1) is 11.3 Å². The Morgan fingerprint density at radius 3 is 2.77 bits per heavy atom. The Labute approximate surface area is 150 Å². The highest BCUT2D eigenvalue weighted by atomic mass is 19.3. The number of nitriles is 1. The second-order valence-corrected chi connectivity index (χ2v) is 5.97. The standard InChI is InChI=1S/C17H21F2N5O2/c1-3-23(4-2)14-9-21-6-5-13(14)16(26)22-10-15(25)24-11-17(18,19)7-12(24)8-20/h5-6,9,12H,3-4,7,10-11H2,1-2H3,(H,22,26)/t12-/m0/s1. The molecule has 2 amide bonds. The van der Waals surface area contributed by atoms with Crippen LogP contribution in [0.3, 0.4) is 0 Å². The number of likely N-dealkylation sites (tertiary alicyclic amines) is 1. The summed E-state index contributed by atoms with van der Waals surface area (Å²) in [4.78, 5) is 31.4. The van der Waals surface area contributed by atoms with Crippen molar-refractivity contribution in [2.24, 2.45) is 0 Å². The van der Waals surface area contributed by atoms with Crippen molar-refractivity contribution in [3.05, 3.63) is 24.0 Å². The van der Waals surface area contributed by atoms with E-state index >= 15 is 0 Å². The minimum Gasteiger partial charge on any atom is -0.370 e. The normalized spacial score (nSPS) is 18.3. The molecule has 0 bridgehead atoms. The minimum absolute atomic E-state index is 0.347. The molecule has 1 saturated heterocycles. The van der Waals surface area contributed by atoms with Gasteiger partial charge in [0, 0.05) is 25.7 Å². The fraction of sp³-hybridized carbons (Fsp3) is 0.529. The van der Waals surface area contributed by atoms with Crippen LogP contribution in [0.15, 0.2) is 18.5 Å². The molecule has 7 nitrogen and oxygen atoms in total. The van der Waals surface area contributed by atoms with Crippen molar-refractivity contribution >= 4 is 17.5 Å². The quantitative estimate of drug-likeness (QED) is 0.823. The van der Waals surface area contributed by atoms with Gasteiger partial charge in [-0.25, -0.2) is 8.78 Å². The Morgan fingerprint density at radius 1 is 1.46 bits per heavy atom. The van der Waals surface area contributed by atoms with Gasteiger partial charge in [-0.15, -0.1) is 0 Å². The number of pyridine rings is 1. The van der Waals surface area contributed by atoms with Gasteiger partial charge in [-0.1, -0.05) is 0 Å². The summed E-state index contributed by atoms with van der Waals surface area (Å²) in [6.45, 7) is 3.98. The Balaban J connectivity index is 2.06. The molecule has 1 aromatic rings. The smallest absolute Gasteiger partial charge is 0.268 e. The maximum absolute atomic E-state index is 13.4. The first kappa shape index (κ1) is 19.6. The molecular weight excluding hydrogens is 344 g/mol. The Bertz CT molecular complexity index is 715. The van der Waals surface area contributed by atoms with Crippen molar-refractivity contribution in [2.75, 3.05) is 31.1 Å². The van der Waals surface area contributed by atoms with Crippen molar-refractivity contribution in [1.82, 2.24) is 15.2 Å². The Kier molecular flexibility index (Phi) is 6.08. The van der Waals surface area contributed by atoms with Crippen LogP contribution in [0.25, 0.3) is 0 Å². The van der Waals surface area contributed by atoms with E-state index in [1.165, 1.54) is 12.3 Å². The van der Waals surface area contributed by atoms with Crippen molar-refractivity contribution < 1.29 is 18.4 Å². The van der Waals surface area contributed by atoms with E-state index in [0.29, 0.717) is 24.3 Å². The van der Waals surface area contributed by atoms with Gasteiger partial charge >= 0.3 is 0 Å². The molecule has 1 aliphatic rings. The molecule has 1 fully saturated rings. The Morgan fingerprint density at radius 2 is 2.15 bits per heavy atom. The maximum Gasteiger partial charge on any atom is 0.268 e. The number of hydrogen-bond donors (Lipinski definition) is 1. The molecule has 1 atom stereocenters. The zero-order valence-corrected chi connectivity index (χ0v) is 14.7. The fourth-order valence-electron chi connectivity index (χ4n) is 2.94. The number of carbonyl (C=O) groups excluding carboxylic acids is 2. The van der Waals surface area contributed by atoms with Gasteiger partial charge in [-0.2, -0.15) is 5.26 Å². The number of nitrogens with one attached hydrogen (secondary N) is 1. The van der Waals surface area contributed by atoms with E-state index in [0.717, 1.165) is 4.90 Å². The van der Waals surface area contributed by atoms with E-state index in [4.69, 9.17) is 5.26 Å². The summed E-state index contributed by atoms with van der Waals surface area (Å²) in [6, 6.07) is 2.06. The van der Waals surface area contributed by atoms with E-state index in [-0.39, 0.29) is 0 Å². The van der Waals surface area contributed by atoms with Gasteiger partial charge in [0.15, 0.2) is 0 Å². The number of anilines is 1. The van der Waals surface area contributed by atoms with E-state index in [1.807, 2.05) is 18.7 Å². The molecule has 0 aliphatic carbocycles. The highest BCUT2D eigenvalue weighted by Crippen LogP contribution is 2.31. The number of hydrogen-bond acceptors (Lipinski definition) is 5. The fourth-order valence-corrected chi connectivity index (χ4v) is 2.94. The molecule has 0 aromatic carbocycles. The minimum atomic E-state index is -3.08. The van der Waals surface area contributed by atoms with Gasteiger partial charge in [-0.05, 0) is 19.9 Å². The largest absolute Gasteiger partial charge is 0.370 e.